The van der Waals surface area contributed by atoms with Crippen molar-refractivity contribution in [2.45, 2.75) is 0 Å². The Labute approximate surface area is 109 Å². The first-order valence-electron chi connectivity index (χ1n) is 5.54. The van der Waals surface area contributed by atoms with Crippen LogP contribution in [0, 0.1) is 5.82 Å². The first-order valence-corrected chi connectivity index (χ1v) is 5.54. The third-order valence-corrected chi connectivity index (χ3v) is 2.71. The minimum atomic E-state index is -0.497. The minimum absolute atomic E-state index is 0.0320. The number of rotatable bonds is 2. The second-order valence-electron chi connectivity index (χ2n) is 4.05. The van der Waals surface area contributed by atoms with Crippen LogP contribution in [0.4, 0.5) is 10.1 Å². The highest BCUT2D eigenvalue weighted by atomic mass is 19.1. The molecule has 0 aliphatic carbocycles. The first-order chi connectivity index (χ1) is 8.99. The number of amides is 1. The van der Waals surface area contributed by atoms with Crippen LogP contribution >= 0.6 is 0 Å². The van der Waals surface area contributed by atoms with Crippen LogP contribution in [0.2, 0.25) is 0 Å². The van der Waals surface area contributed by atoms with Crippen molar-refractivity contribution < 1.29 is 19.4 Å². The van der Waals surface area contributed by atoms with Crippen molar-refractivity contribution in [1.29, 1.82) is 0 Å². The van der Waals surface area contributed by atoms with Gasteiger partial charge in [0.05, 0.1) is 5.56 Å². The van der Waals surface area contributed by atoms with Gasteiger partial charge in [0.25, 0.3) is 5.91 Å². The van der Waals surface area contributed by atoms with Crippen LogP contribution in [-0.4, -0.2) is 23.2 Å². The van der Waals surface area contributed by atoms with Crippen molar-refractivity contribution in [3.05, 3.63) is 53.8 Å². The second kappa shape index (κ2) is 4.97. The molecule has 0 aromatic heterocycles. The van der Waals surface area contributed by atoms with E-state index in [2.05, 4.69) is 0 Å². The maximum atomic E-state index is 13.1. The van der Waals surface area contributed by atoms with Crippen molar-refractivity contribution in [1.82, 2.24) is 0 Å². The molecule has 19 heavy (non-hydrogen) atoms. The Morgan fingerprint density at radius 3 is 2.53 bits per heavy atom. The number of phenols is 2. The number of anilines is 1. The van der Waals surface area contributed by atoms with E-state index < -0.39 is 11.7 Å². The molecule has 0 unspecified atom stereocenters. The predicted molar refractivity (Wildman–Crippen MR) is 68.9 cm³/mol. The predicted octanol–water partition coefficient (Wildman–Crippen LogP) is 2.51. The summed E-state index contributed by atoms with van der Waals surface area (Å²) in [6, 6.07) is 9.25. The molecule has 1 amide bonds. The van der Waals surface area contributed by atoms with Gasteiger partial charge >= 0.3 is 0 Å². The molecule has 0 fully saturated rings. The van der Waals surface area contributed by atoms with Crippen molar-refractivity contribution in [2.24, 2.45) is 0 Å². The fraction of sp³-hybridized carbons (Fsp3) is 0.0714. The maximum absolute atomic E-state index is 13.1. The van der Waals surface area contributed by atoms with E-state index >= 15 is 0 Å². The lowest BCUT2D eigenvalue weighted by molar-refractivity contribution is 0.0990. The standard InChI is InChI=1S/C14H12FNO3/c1-16(10-4-2-3-9(15)7-10)14(19)12-6-5-11(17)8-13(12)18/h2-8,17-18H,1H3. The molecule has 2 aromatic rings. The van der Waals surface area contributed by atoms with E-state index in [0.29, 0.717) is 5.69 Å². The van der Waals surface area contributed by atoms with Gasteiger partial charge in [0, 0.05) is 18.8 Å². The fourth-order valence-corrected chi connectivity index (χ4v) is 1.68. The monoisotopic (exact) mass is 261 g/mol. The van der Waals surface area contributed by atoms with Crippen molar-refractivity contribution >= 4 is 11.6 Å². The summed E-state index contributed by atoms with van der Waals surface area (Å²) in [6.45, 7) is 0. The summed E-state index contributed by atoms with van der Waals surface area (Å²) in [5, 5.41) is 18.8. The summed E-state index contributed by atoms with van der Waals surface area (Å²) < 4.78 is 13.1. The van der Waals surface area contributed by atoms with Gasteiger partial charge in [-0.3, -0.25) is 4.79 Å². The molecule has 5 heteroatoms. The number of benzene rings is 2. The van der Waals surface area contributed by atoms with Gasteiger partial charge in [-0.15, -0.1) is 0 Å². The summed E-state index contributed by atoms with van der Waals surface area (Å²) in [6.07, 6.45) is 0. The number of nitrogens with zero attached hydrogens (tertiary/aromatic N) is 1. The Hall–Kier alpha value is -2.56. The Balaban J connectivity index is 2.33. The summed E-state index contributed by atoms with van der Waals surface area (Å²) in [7, 11) is 1.48. The molecule has 0 spiro atoms. The van der Waals surface area contributed by atoms with Crippen LogP contribution in [0.25, 0.3) is 0 Å². The van der Waals surface area contributed by atoms with Crippen LogP contribution in [0.1, 0.15) is 10.4 Å². The van der Waals surface area contributed by atoms with Crippen molar-refractivity contribution in [3.8, 4) is 11.5 Å². The first kappa shape index (κ1) is 12.9. The largest absolute Gasteiger partial charge is 0.508 e. The lowest BCUT2D eigenvalue weighted by Crippen LogP contribution is -2.26. The average Bonchev–Trinajstić information content (AvgIpc) is 2.37. The van der Waals surface area contributed by atoms with Gasteiger partial charge in [0.2, 0.25) is 0 Å². The quantitative estimate of drug-likeness (QED) is 0.873. The van der Waals surface area contributed by atoms with Gasteiger partial charge in [0.1, 0.15) is 17.3 Å². The highest BCUT2D eigenvalue weighted by Crippen LogP contribution is 2.25. The number of hydrogen-bond acceptors (Lipinski definition) is 3. The van der Waals surface area contributed by atoms with Crippen LogP contribution in [0.5, 0.6) is 11.5 Å². The molecule has 0 bridgehead atoms. The van der Waals surface area contributed by atoms with Gasteiger partial charge in [0.15, 0.2) is 0 Å². The number of hydrogen-bond donors (Lipinski definition) is 2. The third-order valence-electron chi connectivity index (χ3n) is 2.71. The SMILES string of the molecule is CN(C(=O)c1ccc(O)cc1O)c1cccc(F)c1. The van der Waals surface area contributed by atoms with Gasteiger partial charge in [-0.2, -0.15) is 0 Å². The molecular weight excluding hydrogens is 249 g/mol. The van der Waals surface area contributed by atoms with E-state index in [1.807, 2.05) is 0 Å². The molecule has 0 aliphatic heterocycles. The Morgan fingerprint density at radius 1 is 1.16 bits per heavy atom. The van der Waals surface area contributed by atoms with Crippen molar-refractivity contribution in [2.75, 3.05) is 11.9 Å². The molecule has 2 rings (SSSR count). The van der Waals surface area contributed by atoms with Gasteiger partial charge in [-0.25, -0.2) is 4.39 Å². The Bertz CT molecular complexity index is 628. The van der Waals surface area contributed by atoms with E-state index in [1.165, 1.54) is 42.3 Å². The average molecular weight is 261 g/mol. The van der Waals surface area contributed by atoms with Crippen LogP contribution < -0.4 is 4.90 Å². The zero-order valence-corrected chi connectivity index (χ0v) is 10.2. The van der Waals surface area contributed by atoms with E-state index in [4.69, 9.17) is 0 Å². The van der Waals surface area contributed by atoms with Crippen LogP contribution in [0.15, 0.2) is 42.5 Å². The molecule has 98 valence electrons. The van der Waals surface area contributed by atoms with Crippen LogP contribution in [0.3, 0.4) is 0 Å². The molecule has 2 aromatic carbocycles. The van der Waals surface area contributed by atoms with Crippen molar-refractivity contribution in [3.63, 3.8) is 0 Å². The third kappa shape index (κ3) is 2.65. The molecule has 0 atom stereocenters. The molecule has 0 saturated heterocycles. The normalized spacial score (nSPS) is 10.2. The van der Waals surface area contributed by atoms with E-state index in [9.17, 15) is 19.4 Å². The smallest absolute Gasteiger partial charge is 0.261 e. The molecule has 0 aliphatic rings. The van der Waals surface area contributed by atoms with Gasteiger partial charge in [-0.1, -0.05) is 6.07 Å². The lowest BCUT2D eigenvalue weighted by atomic mass is 10.1. The minimum Gasteiger partial charge on any atom is -0.508 e. The molecular formula is C14H12FNO3. The summed E-state index contributed by atoms with van der Waals surface area (Å²) in [5.74, 6) is -1.41. The molecule has 2 N–H and O–H groups in total. The molecule has 4 nitrogen and oxygen atoms in total. The lowest BCUT2D eigenvalue weighted by Gasteiger charge is -2.18. The van der Waals surface area contributed by atoms with Gasteiger partial charge < -0.3 is 15.1 Å². The number of phenolic OH excluding ortho intramolecular Hbond substituents is 2. The summed E-state index contributed by atoms with van der Waals surface area (Å²) in [4.78, 5) is 13.4. The van der Waals surface area contributed by atoms with Crippen LogP contribution in [-0.2, 0) is 0 Å². The fourth-order valence-electron chi connectivity index (χ4n) is 1.68. The summed E-state index contributed by atoms with van der Waals surface area (Å²) >= 11 is 0. The second-order valence-corrected chi connectivity index (χ2v) is 4.05. The highest BCUT2D eigenvalue weighted by molar-refractivity contribution is 6.07. The number of aromatic hydroxyl groups is 2. The Kier molecular flexibility index (Phi) is 3.37. The molecule has 0 saturated carbocycles. The van der Waals surface area contributed by atoms with E-state index in [1.54, 1.807) is 6.07 Å². The van der Waals surface area contributed by atoms with E-state index in [0.717, 1.165) is 6.07 Å². The molecule has 0 radical (unpaired) electrons. The summed E-state index contributed by atoms with van der Waals surface area (Å²) in [5.41, 5.74) is 0.405. The number of halogens is 1. The maximum Gasteiger partial charge on any atom is 0.261 e. The molecule has 0 heterocycles. The van der Waals surface area contributed by atoms with E-state index in [-0.39, 0.29) is 17.1 Å². The zero-order chi connectivity index (χ0) is 14.0. The number of carbonyl (C=O) groups excluding carboxylic acids is 1. The highest BCUT2D eigenvalue weighted by Gasteiger charge is 2.17. The number of carbonyl (C=O) groups is 1. The topological polar surface area (TPSA) is 60.8 Å². The Morgan fingerprint density at radius 2 is 1.89 bits per heavy atom. The van der Waals surface area contributed by atoms with Gasteiger partial charge in [-0.05, 0) is 30.3 Å². The zero-order valence-electron chi connectivity index (χ0n) is 10.2.